The molecule has 1 aromatic carbocycles. The summed E-state index contributed by atoms with van der Waals surface area (Å²) in [4.78, 5) is 16.4. The molecule has 0 spiro atoms. The lowest BCUT2D eigenvalue weighted by molar-refractivity contribution is -0.137. The highest BCUT2D eigenvalue weighted by Gasteiger charge is 2.34. The lowest BCUT2D eigenvalue weighted by Crippen LogP contribution is -2.13. The second kappa shape index (κ2) is 9.81. The van der Waals surface area contributed by atoms with Crippen LogP contribution < -0.4 is 0 Å². The molecule has 0 amide bonds. The molecule has 0 bridgehead atoms. The van der Waals surface area contributed by atoms with Gasteiger partial charge in [0.15, 0.2) is 0 Å². The van der Waals surface area contributed by atoms with Crippen LogP contribution in [0.2, 0.25) is 5.15 Å². The number of nitrogens with zero attached hydrogens (tertiary/aromatic N) is 4. The van der Waals surface area contributed by atoms with Gasteiger partial charge < -0.3 is 9.30 Å². The van der Waals surface area contributed by atoms with Gasteiger partial charge in [0.1, 0.15) is 11.2 Å². The predicted molar refractivity (Wildman–Crippen MR) is 123 cm³/mol. The van der Waals surface area contributed by atoms with Gasteiger partial charge in [0.25, 0.3) is 0 Å². The number of carbonyl (C=O) groups is 1. The second-order valence-corrected chi connectivity index (χ2v) is 8.48. The minimum Gasteiger partial charge on any atom is -0.459 e. The Bertz CT molecular complexity index is 1400. The molecule has 0 aliphatic carbocycles. The van der Waals surface area contributed by atoms with Crippen LogP contribution >= 0.6 is 11.6 Å². The Labute approximate surface area is 205 Å². The molecule has 2 heterocycles. The lowest BCUT2D eigenvalue weighted by atomic mass is 9.96. The van der Waals surface area contributed by atoms with Crippen molar-refractivity contribution in [1.29, 1.82) is 10.5 Å². The molecule has 35 heavy (non-hydrogen) atoms. The van der Waals surface area contributed by atoms with E-state index in [-0.39, 0.29) is 34.5 Å². The summed E-state index contributed by atoms with van der Waals surface area (Å²) in [6, 6.07) is 8.55. The van der Waals surface area contributed by atoms with Gasteiger partial charge in [0.05, 0.1) is 34.4 Å². The van der Waals surface area contributed by atoms with Crippen LogP contribution in [0.25, 0.3) is 11.1 Å². The van der Waals surface area contributed by atoms with E-state index in [1.54, 1.807) is 38.3 Å². The van der Waals surface area contributed by atoms with E-state index < -0.39 is 23.3 Å². The molecule has 0 N–H and O–H groups in total. The minimum atomic E-state index is -4.73. The molecule has 3 rings (SSSR count). The first kappa shape index (κ1) is 25.8. The van der Waals surface area contributed by atoms with Crippen molar-refractivity contribution < 1.29 is 22.7 Å². The Kier molecular flexibility index (Phi) is 7.23. The highest BCUT2D eigenvalue weighted by molar-refractivity contribution is 6.32. The van der Waals surface area contributed by atoms with Gasteiger partial charge >= 0.3 is 12.1 Å². The van der Waals surface area contributed by atoms with Crippen LogP contribution in [0.15, 0.2) is 30.5 Å². The van der Waals surface area contributed by atoms with Gasteiger partial charge in [-0.05, 0) is 57.0 Å². The summed E-state index contributed by atoms with van der Waals surface area (Å²) in [5, 5.41) is 18.9. The summed E-state index contributed by atoms with van der Waals surface area (Å²) in [7, 11) is 0. The zero-order valence-electron chi connectivity index (χ0n) is 19.3. The maximum absolute atomic E-state index is 13.5. The van der Waals surface area contributed by atoms with Crippen LogP contribution in [-0.4, -0.2) is 21.6 Å². The zero-order valence-corrected chi connectivity index (χ0v) is 20.0. The SMILES string of the molecule is Cc1c(C#N)c(-c2ccc(C#N)c(C(F)(F)F)c2)c(C)n1Cc1cnc(Cl)c(C(=O)OC(C)C)c1. The summed E-state index contributed by atoms with van der Waals surface area (Å²) in [5.74, 6) is -0.629. The van der Waals surface area contributed by atoms with Gasteiger partial charge in [0, 0.05) is 29.7 Å². The van der Waals surface area contributed by atoms with E-state index in [2.05, 4.69) is 11.1 Å². The number of benzene rings is 1. The number of halogens is 4. The van der Waals surface area contributed by atoms with Crippen LogP contribution in [0.4, 0.5) is 13.2 Å². The van der Waals surface area contributed by atoms with E-state index >= 15 is 0 Å². The predicted octanol–water partition coefficient (Wildman–Crippen LogP) is 6.20. The molecule has 0 fully saturated rings. The summed E-state index contributed by atoms with van der Waals surface area (Å²) in [6.45, 7) is 6.95. The van der Waals surface area contributed by atoms with E-state index in [1.165, 1.54) is 18.3 Å². The number of ether oxygens (including phenoxy) is 1. The van der Waals surface area contributed by atoms with Gasteiger partial charge in [-0.3, -0.25) is 0 Å². The van der Waals surface area contributed by atoms with Gasteiger partial charge in [-0.15, -0.1) is 0 Å². The van der Waals surface area contributed by atoms with Crippen molar-refractivity contribution >= 4 is 17.6 Å². The maximum Gasteiger partial charge on any atom is 0.417 e. The lowest BCUT2D eigenvalue weighted by Gasteiger charge is -2.13. The fourth-order valence-electron chi connectivity index (χ4n) is 3.82. The van der Waals surface area contributed by atoms with E-state index in [0.717, 1.165) is 12.1 Å². The molecule has 6 nitrogen and oxygen atoms in total. The number of esters is 1. The molecule has 0 unspecified atom stereocenters. The molecule has 3 aromatic rings. The zero-order chi connectivity index (χ0) is 26.1. The number of pyridine rings is 1. The van der Waals surface area contributed by atoms with Crippen LogP contribution in [0, 0.1) is 36.5 Å². The third-order valence-electron chi connectivity index (χ3n) is 5.43. The number of nitriles is 2. The van der Waals surface area contributed by atoms with Crippen LogP contribution in [0.1, 0.15) is 57.8 Å². The highest BCUT2D eigenvalue weighted by Crippen LogP contribution is 2.38. The van der Waals surface area contributed by atoms with Gasteiger partial charge in [-0.1, -0.05) is 17.7 Å². The van der Waals surface area contributed by atoms with Crippen molar-refractivity contribution in [2.24, 2.45) is 0 Å². The Morgan fingerprint density at radius 2 is 1.86 bits per heavy atom. The van der Waals surface area contributed by atoms with Crippen molar-refractivity contribution in [2.45, 2.75) is 46.5 Å². The molecular formula is C25H20ClF3N4O2. The number of aromatic nitrogens is 2. The van der Waals surface area contributed by atoms with E-state index in [4.69, 9.17) is 21.6 Å². The fourth-order valence-corrected chi connectivity index (χ4v) is 4.00. The Balaban J connectivity index is 2.11. The first-order valence-corrected chi connectivity index (χ1v) is 10.8. The Hall–Kier alpha value is -3.82. The summed E-state index contributed by atoms with van der Waals surface area (Å²) < 4.78 is 47.5. The number of hydrogen-bond donors (Lipinski definition) is 0. The van der Waals surface area contributed by atoms with Crippen molar-refractivity contribution in [1.82, 2.24) is 9.55 Å². The van der Waals surface area contributed by atoms with Crippen molar-refractivity contribution in [2.75, 3.05) is 0 Å². The monoisotopic (exact) mass is 500 g/mol. The maximum atomic E-state index is 13.5. The summed E-state index contributed by atoms with van der Waals surface area (Å²) in [6.07, 6.45) is -3.61. The average Bonchev–Trinajstić information content (AvgIpc) is 3.02. The minimum absolute atomic E-state index is 0.0176. The molecule has 0 atom stereocenters. The molecule has 2 aromatic heterocycles. The molecule has 180 valence electrons. The topological polar surface area (TPSA) is 91.7 Å². The number of hydrogen-bond acceptors (Lipinski definition) is 5. The van der Waals surface area contributed by atoms with Crippen LogP contribution in [0.5, 0.6) is 0 Å². The second-order valence-electron chi connectivity index (χ2n) is 8.12. The van der Waals surface area contributed by atoms with E-state index in [0.29, 0.717) is 22.5 Å². The molecule has 0 radical (unpaired) electrons. The van der Waals surface area contributed by atoms with Gasteiger partial charge in [0.2, 0.25) is 0 Å². The number of alkyl halides is 3. The highest BCUT2D eigenvalue weighted by atomic mass is 35.5. The van der Waals surface area contributed by atoms with Crippen molar-refractivity contribution in [3.8, 4) is 23.3 Å². The van der Waals surface area contributed by atoms with Crippen molar-refractivity contribution in [3.63, 3.8) is 0 Å². The van der Waals surface area contributed by atoms with Crippen LogP contribution in [0.3, 0.4) is 0 Å². The van der Waals surface area contributed by atoms with Gasteiger partial charge in [-0.2, -0.15) is 23.7 Å². The quantitative estimate of drug-likeness (QED) is 0.307. The largest absolute Gasteiger partial charge is 0.459 e. The average molecular weight is 501 g/mol. The van der Waals surface area contributed by atoms with Crippen LogP contribution in [-0.2, 0) is 17.5 Å². The first-order chi connectivity index (χ1) is 16.4. The third-order valence-corrected chi connectivity index (χ3v) is 5.73. The van der Waals surface area contributed by atoms with E-state index in [9.17, 15) is 23.2 Å². The Morgan fingerprint density at radius 3 is 2.43 bits per heavy atom. The Morgan fingerprint density at radius 1 is 1.17 bits per heavy atom. The normalized spacial score (nSPS) is 11.3. The molecule has 0 saturated heterocycles. The third kappa shape index (κ3) is 5.16. The summed E-state index contributed by atoms with van der Waals surface area (Å²) >= 11 is 6.07. The standard InChI is InChI=1S/C25H20ClF3N4O2/c1-13(2)35-24(34)19-7-16(11-32-23(19)26)12-33-14(3)20(10-31)22(15(33)4)17-5-6-18(9-30)21(8-17)25(27,28)29/h5-8,11,13H,12H2,1-4H3. The first-order valence-electron chi connectivity index (χ1n) is 10.5. The molecule has 0 aliphatic heterocycles. The fraction of sp³-hybridized carbons (Fsp3) is 0.280. The molecular weight excluding hydrogens is 481 g/mol. The number of rotatable bonds is 5. The molecule has 0 aliphatic rings. The van der Waals surface area contributed by atoms with Gasteiger partial charge in [-0.25, -0.2) is 9.78 Å². The summed E-state index contributed by atoms with van der Waals surface area (Å²) in [5.41, 5.74) is 0.882. The van der Waals surface area contributed by atoms with E-state index in [1.807, 2.05) is 0 Å². The molecule has 0 saturated carbocycles. The number of carbonyl (C=O) groups excluding carboxylic acids is 1. The molecule has 10 heteroatoms. The smallest absolute Gasteiger partial charge is 0.417 e. The van der Waals surface area contributed by atoms with Crippen molar-refractivity contribution in [3.05, 3.63) is 74.8 Å².